The number of halogens is 1. The first-order valence-corrected chi connectivity index (χ1v) is 7.88. The molecule has 5 nitrogen and oxygen atoms in total. The summed E-state index contributed by atoms with van der Waals surface area (Å²) in [6.45, 7) is 10.4. The second-order valence-corrected chi connectivity index (χ2v) is 5.60. The van der Waals surface area contributed by atoms with Crippen LogP contribution in [0.2, 0.25) is 5.02 Å². The lowest BCUT2D eigenvalue weighted by Crippen LogP contribution is -2.11. The number of nitrogens with zero attached hydrogens (tertiary/aromatic N) is 4. The molecule has 2 rings (SSSR count). The van der Waals surface area contributed by atoms with Crippen molar-refractivity contribution in [3.05, 3.63) is 33.4 Å². The molecule has 0 saturated carbocycles. The maximum atomic E-state index is 6.47. The fraction of sp³-hybridized carbons (Fsp3) is 0.600. The summed E-state index contributed by atoms with van der Waals surface area (Å²) in [5.74, 6) is 0. The number of rotatable bonds is 6. The molecule has 0 radical (unpaired) electrons. The van der Waals surface area contributed by atoms with Gasteiger partial charge in [0.25, 0.3) is 0 Å². The summed E-state index contributed by atoms with van der Waals surface area (Å²) >= 11 is 6.47. The van der Waals surface area contributed by atoms with Crippen molar-refractivity contribution in [1.82, 2.24) is 19.6 Å². The summed E-state index contributed by atoms with van der Waals surface area (Å²) in [6, 6.07) is 0. The Kier molecular flexibility index (Phi) is 5.06. The molecule has 2 heterocycles. The van der Waals surface area contributed by atoms with E-state index in [0.717, 1.165) is 47.2 Å². The highest BCUT2D eigenvalue weighted by atomic mass is 35.5. The third-order valence-corrected chi connectivity index (χ3v) is 4.36. The topological polar surface area (TPSA) is 61.7 Å². The van der Waals surface area contributed by atoms with Crippen molar-refractivity contribution in [3.63, 3.8) is 0 Å². The summed E-state index contributed by atoms with van der Waals surface area (Å²) in [5.41, 5.74) is 11.1. The van der Waals surface area contributed by atoms with E-state index in [9.17, 15) is 0 Å². The lowest BCUT2D eigenvalue weighted by molar-refractivity contribution is 0.565. The largest absolute Gasteiger partial charge is 0.330 e. The molecule has 0 aliphatic rings. The zero-order chi connectivity index (χ0) is 15.6. The maximum absolute atomic E-state index is 6.47. The first-order valence-electron chi connectivity index (χ1n) is 7.50. The third-order valence-electron chi connectivity index (χ3n) is 3.92. The number of nitrogens with two attached hydrogens (primary N) is 1. The van der Waals surface area contributed by atoms with Gasteiger partial charge in [-0.15, -0.1) is 0 Å². The normalized spacial score (nSPS) is 11.3. The molecule has 0 bridgehead atoms. The third kappa shape index (κ3) is 2.99. The van der Waals surface area contributed by atoms with E-state index in [1.54, 1.807) is 0 Å². The zero-order valence-electron chi connectivity index (χ0n) is 13.3. The number of hydrogen-bond acceptors (Lipinski definition) is 3. The summed E-state index contributed by atoms with van der Waals surface area (Å²) in [5, 5.41) is 9.97. The van der Waals surface area contributed by atoms with Crippen LogP contribution in [0, 0.1) is 13.8 Å². The van der Waals surface area contributed by atoms with Crippen LogP contribution < -0.4 is 5.73 Å². The van der Waals surface area contributed by atoms with Gasteiger partial charge in [0, 0.05) is 12.2 Å². The summed E-state index contributed by atoms with van der Waals surface area (Å²) in [7, 11) is 0. The van der Waals surface area contributed by atoms with Crippen LogP contribution in [0.1, 0.15) is 42.2 Å². The number of aromatic nitrogens is 4. The Balaban J connectivity index is 2.39. The molecule has 0 unspecified atom stereocenters. The van der Waals surface area contributed by atoms with Crippen LogP contribution in [0.3, 0.4) is 0 Å². The fourth-order valence-corrected chi connectivity index (χ4v) is 3.03. The SMILES string of the molecule is CCc1nn(CC)c(Cn2nc(C)c(CCN)c2C)c1Cl. The predicted molar refractivity (Wildman–Crippen MR) is 85.9 cm³/mol. The molecule has 0 aliphatic heterocycles. The molecule has 0 fully saturated rings. The molecule has 2 N–H and O–H groups in total. The van der Waals surface area contributed by atoms with Crippen molar-refractivity contribution in [2.45, 2.75) is 53.6 Å². The highest BCUT2D eigenvalue weighted by molar-refractivity contribution is 6.31. The Morgan fingerprint density at radius 2 is 1.86 bits per heavy atom. The van der Waals surface area contributed by atoms with Gasteiger partial charge >= 0.3 is 0 Å². The van der Waals surface area contributed by atoms with Gasteiger partial charge in [-0.25, -0.2) is 0 Å². The highest BCUT2D eigenvalue weighted by Crippen LogP contribution is 2.24. The Bertz CT molecular complexity index is 627. The smallest absolute Gasteiger partial charge is 0.0869 e. The van der Waals surface area contributed by atoms with Crippen molar-refractivity contribution in [2.24, 2.45) is 5.73 Å². The van der Waals surface area contributed by atoms with E-state index in [1.807, 2.05) is 16.3 Å². The van der Waals surface area contributed by atoms with Gasteiger partial charge in [-0.2, -0.15) is 10.2 Å². The van der Waals surface area contributed by atoms with Gasteiger partial charge in [0.15, 0.2) is 0 Å². The second kappa shape index (κ2) is 6.62. The van der Waals surface area contributed by atoms with Crippen molar-refractivity contribution < 1.29 is 0 Å². The molecule has 2 aromatic heterocycles. The predicted octanol–water partition coefficient (Wildman–Crippen LogP) is 2.48. The van der Waals surface area contributed by atoms with Gasteiger partial charge < -0.3 is 5.73 Å². The van der Waals surface area contributed by atoms with Gasteiger partial charge in [0.2, 0.25) is 0 Å². The number of hydrogen-bond donors (Lipinski definition) is 1. The first kappa shape index (κ1) is 16.0. The zero-order valence-corrected chi connectivity index (χ0v) is 14.0. The van der Waals surface area contributed by atoms with Gasteiger partial charge in [-0.3, -0.25) is 9.36 Å². The van der Waals surface area contributed by atoms with Crippen LogP contribution in [0.5, 0.6) is 0 Å². The molecule has 21 heavy (non-hydrogen) atoms. The molecule has 0 aromatic carbocycles. The van der Waals surface area contributed by atoms with Crippen molar-refractivity contribution >= 4 is 11.6 Å². The fourth-order valence-electron chi connectivity index (χ4n) is 2.70. The standard InChI is InChI=1S/C15H24ClN5/c1-5-13-15(16)14(20(6-2)19-13)9-21-11(4)12(7-8-17)10(3)18-21/h5-9,17H2,1-4H3. The quantitative estimate of drug-likeness (QED) is 0.891. The van der Waals surface area contributed by atoms with Crippen LogP contribution in [-0.4, -0.2) is 26.1 Å². The van der Waals surface area contributed by atoms with Gasteiger partial charge in [-0.05, 0) is 45.7 Å². The van der Waals surface area contributed by atoms with Gasteiger partial charge in [0.1, 0.15) is 0 Å². The van der Waals surface area contributed by atoms with Crippen LogP contribution in [0.4, 0.5) is 0 Å². The molecule has 0 atom stereocenters. The lowest BCUT2D eigenvalue weighted by atomic mass is 10.1. The van der Waals surface area contributed by atoms with Gasteiger partial charge in [-0.1, -0.05) is 18.5 Å². The Morgan fingerprint density at radius 3 is 2.43 bits per heavy atom. The van der Waals surface area contributed by atoms with Crippen LogP contribution in [-0.2, 0) is 25.9 Å². The summed E-state index contributed by atoms with van der Waals surface area (Å²) < 4.78 is 3.98. The molecule has 0 spiro atoms. The molecule has 0 amide bonds. The minimum absolute atomic E-state index is 0.640. The van der Waals surface area contributed by atoms with E-state index in [0.29, 0.717) is 13.1 Å². The molecule has 2 aromatic rings. The van der Waals surface area contributed by atoms with Crippen LogP contribution >= 0.6 is 11.6 Å². The maximum Gasteiger partial charge on any atom is 0.0869 e. The molecular formula is C15H24ClN5. The van der Waals surface area contributed by atoms with Crippen LogP contribution in [0.25, 0.3) is 0 Å². The second-order valence-electron chi connectivity index (χ2n) is 5.22. The Hall–Kier alpha value is -1.33. The monoisotopic (exact) mass is 309 g/mol. The summed E-state index contributed by atoms with van der Waals surface area (Å²) in [4.78, 5) is 0. The average molecular weight is 310 g/mol. The molecule has 0 aliphatic carbocycles. The van der Waals surface area contributed by atoms with Crippen molar-refractivity contribution in [3.8, 4) is 0 Å². The van der Waals surface area contributed by atoms with E-state index in [2.05, 4.69) is 31.0 Å². The molecule has 0 saturated heterocycles. The molecule has 6 heteroatoms. The first-order chi connectivity index (χ1) is 10.0. The minimum atomic E-state index is 0.640. The highest BCUT2D eigenvalue weighted by Gasteiger charge is 2.17. The van der Waals surface area contributed by atoms with E-state index >= 15 is 0 Å². The molecular weight excluding hydrogens is 286 g/mol. The minimum Gasteiger partial charge on any atom is -0.330 e. The van der Waals surface area contributed by atoms with Crippen molar-refractivity contribution in [1.29, 1.82) is 0 Å². The Labute approximate surface area is 131 Å². The molecule has 116 valence electrons. The van der Waals surface area contributed by atoms with Gasteiger partial charge in [0.05, 0.1) is 28.6 Å². The summed E-state index contributed by atoms with van der Waals surface area (Å²) in [6.07, 6.45) is 1.70. The van der Waals surface area contributed by atoms with E-state index in [1.165, 1.54) is 5.56 Å². The number of aryl methyl sites for hydroxylation is 3. The van der Waals surface area contributed by atoms with E-state index < -0.39 is 0 Å². The van der Waals surface area contributed by atoms with Crippen molar-refractivity contribution in [2.75, 3.05) is 6.54 Å². The Morgan fingerprint density at radius 1 is 1.14 bits per heavy atom. The lowest BCUT2D eigenvalue weighted by Gasteiger charge is -2.08. The average Bonchev–Trinajstić information content (AvgIpc) is 2.92. The van der Waals surface area contributed by atoms with Crippen LogP contribution in [0.15, 0.2) is 0 Å². The van der Waals surface area contributed by atoms with E-state index in [-0.39, 0.29) is 0 Å². The van der Waals surface area contributed by atoms with E-state index in [4.69, 9.17) is 17.3 Å².